The molecule has 0 fully saturated rings. The van der Waals surface area contributed by atoms with Crippen molar-refractivity contribution < 1.29 is 4.74 Å². The van der Waals surface area contributed by atoms with E-state index in [-0.39, 0.29) is 0 Å². The van der Waals surface area contributed by atoms with Crippen LogP contribution in [0.1, 0.15) is 5.56 Å². The quantitative estimate of drug-likeness (QED) is 0.570. The summed E-state index contributed by atoms with van der Waals surface area (Å²) in [6, 6.07) is 3.90. The summed E-state index contributed by atoms with van der Waals surface area (Å²) in [5.74, 6) is 0. The average molecular weight is 225 g/mol. The molecular weight excluding hydrogens is 210 g/mol. The van der Waals surface area contributed by atoms with E-state index in [0.717, 1.165) is 12.1 Å². The van der Waals surface area contributed by atoms with Crippen LogP contribution < -0.4 is 10.6 Å². The van der Waals surface area contributed by atoms with Crippen LogP contribution in [0.15, 0.2) is 24.5 Å². The lowest BCUT2D eigenvalue weighted by molar-refractivity contribution is 0.204. The van der Waals surface area contributed by atoms with Gasteiger partial charge in [0.15, 0.2) is 5.11 Å². The van der Waals surface area contributed by atoms with Gasteiger partial charge in [0, 0.05) is 32.6 Å². The predicted octanol–water partition coefficient (Wildman–Crippen LogP) is 0.692. The van der Waals surface area contributed by atoms with Crippen LogP contribution in [0.4, 0.5) is 0 Å². The Morgan fingerprint density at radius 3 is 3.07 bits per heavy atom. The van der Waals surface area contributed by atoms with E-state index in [2.05, 4.69) is 15.6 Å². The van der Waals surface area contributed by atoms with E-state index in [0.29, 0.717) is 18.3 Å². The average Bonchev–Trinajstić information content (AvgIpc) is 2.28. The maximum absolute atomic E-state index is 5.07. The second-order valence-electron chi connectivity index (χ2n) is 2.96. The number of nitrogens with zero attached hydrogens (tertiary/aromatic N) is 1. The minimum Gasteiger partial charge on any atom is -0.383 e. The lowest BCUT2D eigenvalue weighted by Crippen LogP contribution is -2.36. The van der Waals surface area contributed by atoms with Gasteiger partial charge in [-0.05, 0) is 23.8 Å². The van der Waals surface area contributed by atoms with E-state index in [9.17, 15) is 0 Å². The number of aromatic nitrogens is 1. The van der Waals surface area contributed by atoms with Crippen molar-refractivity contribution in [1.29, 1.82) is 0 Å². The van der Waals surface area contributed by atoms with Crippen LogP contribution in [-0.4, -0.2) is 30.4 Å². The van der Waals surface area contributed by atoms with Gasteiger partial charge in [-0.25, -0.2) is 0 Å². The first-order chi connectivity index (χ1) is 7.33. The maximum atomic E-state index is 5.07. The number of pyridine rings is 1. The minimum absolute atomic E-state index is 0.635. The number of ether oxygens (including phenoxy) is 1. The molecule has 0 unspecified atom stereocenters. The number of nitrogens with one attached hydrogen (secondary N) is 2. The van der Waals surface area contributed by atoms with Gasteiger partial charge in [-0.3, -0.25) is 4.98 Å². The van der Waals surface area contributed by atoms with Crippen molar-refractivity contribution >= 4 is 17.3 Å². The number of thiocarbonyl (C=S) groups is 1. The summed E-state index contributed by atoms with van der Waals surface area (Å²) in [6.07, 6.45) is 3.56. The minimum atomic E-state index is 0.635. The summed E-state index contributed by atoms with van der Waals surface area (Å²) in [5, 5.41) is 6.75. The fraction of sp³-hybridized carbons (Fsp3) is 0.400. The Bertz CT molecular complexity index is 292. The van der Waals surface area contributed by atoms with Crippen LogP contribution in [0.25, 0.3) is 0 Å². The second kappa shape index (κ2) is 7.14. The zero-order valence-corrected chi connectivity index (χ0v) is 9.51. The van der Waals surface area contributed by atoms with Crippen molar-refractivity contribution in [1.82, 2.24) is 15.6 Å². The van der Waals surface area contributed by atoms with Gasteiger partial charge in [-0.2, -0.15) is 0 Å². The maximum Gasteiger partial charge on any atom is 0.166 e. The molecule has 0 saturated heterocycles. The van der Waals surface area contributed by atoms with Crippen LogP contribution in [0.3, 0.4) is 0 Å². The van der Waals surface area contributed by atoms with Gasteiger partial charge < -0.3 is 15.4 Å². The lowest BCUT2D eigenvalue weighted by atomic mass is 10.3. The van der Waals surface area contributed by atoms with Gasteiger partial charge in [0.2, 0.25) is 0 Å². The molecule has 1 aromatic heterocycles. The second-order valence-corrected chi connectivity index (χ2v) is 3.37. The monoisotopic (exact) mass is 225 g/mol. The van der Waals surface area contributed by atoms with E-state index in [1.165, 1.54) is 0 Å². The van der Waals surface area contributed by atoms with Crippen molar-refractivity contribution in [2.24, 2.45) is 0 Å². The summed E-state index contributed by atoms with van der Waals surface area (Å²) in [4.78, 5) is 4.01. The molecule has 4 nitrogen and oxygen atoms in total. The fourth-order valence-corrected chi connectivity index (χ4v) is 1.19. The third-order valence-electron chi connectivity index (χ3n) is 1.77. The molecule has 1 aromatic rings. The standard InChI is InChI=1S/C10H15N3OS/c1-14-6-5-12-10(15)13-8-9-3-2-4-11-7-9/h2-4,7H,5-6,8H2,1H3,(H2,12,13,15). The smallest absolute Gasteiger partial charge is 0.166 e. The van der Waals surface area contributed by atoms with Crippen LogP contribution >= 0.6 is 12.2 Å². The fourth-order valence-electron chi connectivity index (χ4n) is 1.01. The first kappa shape index (κ1) is 11.9. The van der Waals surface area contributed by atoms with Gasteiger partial charge in [0.05, 0.1) is 6.61 Å². The van der Waals surface area contributed by atoms with E-state index < -0.39 is 0 Å². The van der Waals surface area contributed by atoms with E-state index in [1.54, 1.807) is 13.3 Å². The summed E-state index contributed by atoms with van der Waals surface area (Å²) in [5.41, 5.74) is 1.10. The third kappa shape index (κ3) is 5.29. The first-order valence-corrected chi connectivity index (χ1v) is 5.13. The molecule has 0 saturated carbocycles. The third-order valence-corrected chi connectivity index (χ3v) is 2.06. The van der Waals surface area contributed by atoms with Crippen LogP contribution in [0, 0.1) is 0 Å². The highest BCUT2D eigenvalue weighted by atomic mass is 32.1. The molecule has 0 aliphatic heterocycles. The van der Waals surface area contributed by atoms with Crippen molar-refractivity contribution in [2.75, 3.05) is 20.3 Å². The molecule has 0 aliphatic rings. The summed E-state index contributed by atoms with van der Waals surface area (Å²) >= 11 is 5.07. The molecule has 2 N–H and O–H groups in total. The number of hydrogen-bond acceptors (Lipinski definition) is 3. The molecule has 15 heavy (non-hydrogen) atoms. The zero-order valence-electron chi connectivity index (χ0n) is 8.69. The van der Waals surface area contributed by atoms with E-state index >= 15 is 0 Å². The summed E-state index contributed by atoms with van der Waals surface area (Å²) in [6.45, 7) is 2.05. The normalized spacial score (nSPS) is 9.67. The molecule has 5 heteroatoms. The number of rotatable bonds is 5. The molecule has 1 heterocycles. The van der Waals surface area contributed by atoms with Crippen LogP contribution in [0.5, 0.6) is 0 Å². The molecule has 0 bridgehead atoms. The van der Waals surface area contributed by atoms with Gasteiger partial charge >= 0.3 is 0 Å². The van der Waals surface area contributed by atoms with Crippen molar-refractivity contribution in [3.05, 3.63) is 30.1 Å². The molecular formula is C10H15N3OS. The number of methoxy groups -OCH3 is 1. The Morgan fingerprint density at radius 2 is 2.40 bits per heavy atom. The highest BCUT2D eigenvalue weighted by molar-refractivity contribution is 7.80. The zero-order chi connectivity index (χ0) is 10.9. The van der Waals surface area contributed by atoms with Crippen LogP contribution in [-0.2, 0) is 11.3 Å². The molecule has 0 radical (unpaired) electrons. The Kier molecular flexibility index (Phi) is 5.65. The van der Waals surface area contributed by atoms with Crippen molar-refractivity contribution in [2.45, 2.75) is 6.54 Å². The lowest BCUT2D eigenvalue weighted by Gasteiger charge is -2.09. The predicted molar refractivity (Wildman–Crippen MR) is 63.6 cm³/mol. The molecule has 0 atom stereocenters. The highest BCUT2D eigenvalue weighted by Gasteiger charge is 1.95. The summed E-state index contributed by atoms with van der Waals surface area (Å²) in [7, 11) is 1.66. The first-order valence-electron chi connectivity index (χ1n) is 4.72. The highest BCUT2D eigenvalue weighted by Crippen LogP contribution is 1.93. The Morgan fingerprint density at radius 1 is 1.53 bits per heavy atom. The van der Waals surface area contributed by atoms with Gasteiger partial charge in [-0.1, -0.05) is 6.07 Å². The van der Waals surface area contributed by atoms with Gasteiger partial charge in [-0.15, -0.1) is 0 Å². The van der Waals surface area contributed by atoms with E-state index in [1.807, 2.05) is 18.3 Å². The molecule has 0 aliphatic carbocycles. The van der Waals surface area contributed by atoms with Crippen LogP contribution in [0.2, 0.25) is 0 Å². The van der Waals surface area contributed by atoms with Gasteiger partial charge in [0.25, 0.3) is 0 Å². The topological polar surface area (TPSA) is 46.2 Å². The Labute approximate surface area is 95.0 Å². The molecule has 0 amide bonds. The Hall–Kier alpha value is -1.20. The molecule has 0 aromatic carbocycles. The molecule has 1 rings (SSSR count). The molecule has 82 valence electrons. The SMILES string of the molecule is COCCNC(=S)NCc1cccnc1. The van der Waals surface area contributed by atoms with E-state index in [4.69, 9.17) is 17.0 Å². The largest absolute Gasteiger partial charge is 0.383 e. The van der Waals surface area contributed by atoms with Gasteiger partial charge in [0.1, 0.15) is 0 Å². The van der Waals surface area contributed by atoms with Crippen molar-refractivity contribution in [3.63, 3.8) is 0 Å². The van der Waals surface area contributed by atoms with Crippen molar-refractivity contribution in [3.8, 4) is 0 Å². The summed E-state index contributed by atoms with van der Waals surface area (Å²) < 4.78 is 4.90. The number of hydrogen-bond donors (Lipinski definition) is 2. The molecule has 0 spiro atoms. The Balaban J connectivity index is 2.17.